The smallest absolute Gasteiger partial charge is 0.273 e. The molecule has 5 nitrogen and oxygen atoms in total. The van der Waals surface area contributed by atoms with Crippen LogP contribution >= 0.6 is 22.9 Å². The van der Waals surface area contributed by atoms with E-state index in [0.29, 0.717) is 36.2 Å². The van der Waals surface area contributed by atoms with Crippen molar-refractivity contribution in [2.24, 2.45) is 0 Å². The summed E-state index contributed by atoms with van der Waals surface area (Å²) < 4.78 is 11.1. The molecule has 7 heteroatoms. The van der Waals surface area contributed by atoms with E-state index in [9.17, 15) is 4.79 Å². The number of carbonyl (C=O) groups excluding carboxylic acids is 1. The van der Waals surface area contributed by atoms with Crippen molar-refractivity contribution in [1.82, 2.24) is 9.88 Å². The van der Waals surface area contributed by atoms with Gasteiger partial charge >= 0.3 is 0 Å². The average molecular weight is 417 g/mol. The number of ether oxygens (including phenoxy) is 2. The Kier molecular flexibility index (Phi) is 6.90. The van der Waals surface area contributed by atoms with Gasteiger partial charge in [0.05, 0.1) is 6.61 Å². The minimum Gasteiger partial charge on any atom is -0.494 e. The molecule has 3 rings (SSSR count). The van der Waals surface area contributed by atoms with Gasteiger partial charge in [-0.15, -0.1) is 11.3 Å². The summed E-state index contributed by atoms with van der Waals surface area (Å²) in [6.45, 7) is 3.39. The quantitative estimate of drug-likeness (QED) is 0.515. The van der Waals surface area contributed by atoms with Crippen molar-refractivity contribution in [3.63, 3.8) is 0 Å². The van der Waals surface area contributed by atoms with Crippen LogP contribution in [-0.2, 0) is 13.2 Å². The number of hydrogen-bond acceptors (Lipinski definition) is 5. The maximum atomic E-state index is 12.6. The summed E-state index contributed by atoms with van der Waals surface area (Å²) in [6.07, 6.45) is 0. The first-order chi connectivity index (χ1) is 13.5. The Balaban J connectivity index is 1.55. The highest BCUT2D eigenvalue weighted by Crippen LogP contribution is 2.19. The molecule has 0 aliphatic rings. The molecule has 0 atom stereocenters. The van der Waals surface area contributed by atoms with Crippen LogP contribution in [0.25, 0.3) is 0 Å². The average Bonchev–Trinajstić information content (AvgIpc) is 3.17. The molecular formula is C21H21ClN2O3S. The number of thiazole rings is 1. The van der Waals surface area contributed by atoms with Gasteiger partial charge in [-0.05, 0) is 48.9 Å². The van der Waals surface area contributed by atoms with Crippen molar-refractivity contribution in [3.8, 4) is 11.5 Å². The molecule has 0 spiro atoms. The highest BCUT2D eigenvalue weighted by atomic mass is 35.5. The highest BCUT2D eigenvalue weighted by molar-refractivity contribution is 7.09. The molecule has 0 aliphatic heterocycles. The molecule has 0 unspecified atom stereocenters. The Morgan fingerprint density at radius 3 is 2.39 bits per heavy atom. The lowest BCUT2D eigenvalue weighted by molar-refractivity contribution is 0.0779. The van der Waals surface area contributed by atoms with Crippen LogP contribution in [-0.4, -0.2) is 29.4 Å². The SMILES string of the molecule is CCOc1ccc(CN(C)C(=O)c2csc(COc3ccc(Cl)cc3)n2)cc1. The third-order valence-corrected chi connectivity index (χ3v) is 5.02. The number of amides is 1. The lowest BCUT2D eigenvalue weighted by atomic mass is 10.2. The van der Waals surface area contributed by atoms with Gasteiger partial charge in [0.15, 0.2) is 0 Å². The number of rotatable bonds is 8. The van der Waals surface area contributed by atoms with Gasteiger partial charge in [-0.25, -0.2) is 4.98 Å². The summed E-state index contributed by atoms with van der Waals surface area (Å²) in [5.41, 5.74) is 1.45. The van der Waals surface area contributed by atoms with Gasteiger partial charge < -0.3 is 14.4 Å². The molecule has 3 aromatic rings. The zero-order chi connectivity index (χ0) is 19.9. The van der Waals surface area contributed by atoms with E-state index in [-0.39, 0.29) is 5.91 Å². The molecule has 0 saturated carbocycles. The van der Waals surface area contributed by atoms with Crippen molar-refractivity contribution in [2.75, 3.05) is 13.7 Å². The minimum atomic E-state index is -0.122. The second-order valence-electron chi connectivity index (χ2n) is 6.11. The lowest BCUT2D eigenvalue weighted by Gasteiger charge is -2.16. The van der Waals surface area contributed by atoms with E-state index in [1.807, 2.05) is 31.2 Å². The molecule has 0 aliphatic carbocycles. The van der Waals surface area contributed by atoms with Crippen LogP contribution < -0.4 is 9.47 Å². The van der Waals surface area contributed by atoms with Crippen LogP contribution in [0.3, 0.4) is 0 Å². The standard InChI is InChI=1S/C21H21ClN2O3S/c1-3-26-17-8-4-15(5-9-17)12-24(2)21(25)19-14-28-20(23-19)13-27-18-10-6-16(22)7-11-18/h4-11,14H,3,12-13H2,1-2H3. The van der Waals surface area contributed by atoms with Gasteiger partial charge in [-0.3, -0.25) is 4.79 Å². The largest absolute Gasteiger partial charge is 0.494 e. The fourth-order valence-corrected chi connectivity index (χ4v) is 3.36. The molecular weight excluding hydrogens is 396 g/mol. The van der Waals surface area contributed by atoms with Gasteiger partial charge in [0.1, 0.15) is 28.8 Å². The maximum Gasteiger partial charge on any atom is 0.273 e. The number of hydrogen-bond donors (Lipinski definition) is 0. The molecule has 0 fully saturated rings. The first kappa shape index (κ1) is 20.2. The molecule has 28 heavy (non-hydrogen) atoms. The van der Waals surface area contributed by atoms with E-state index in [1.54, 1.807) is 41.6 Å². The summed E-state index contributed by atoms with van der Waals surface area (Å²) in [4.78, 5) is 18.7. The van der Waals surface area contributed by atoms with Gasteiger partial charge in [-0.1, -0.05) is 23.7 Å². The van der Waals surface area contributed by atoms with Crippen molar-refractivity contribution >= 4 is 28.8 Å². The fraction of sp³-hybridized carbons (Fsp3) is 0.238. The second kappa shape index (κ2) is 9.57. The van der Waals surface area contributed by atoms with E-state index in [4.69, 9.17) is 21.1 Å². The van der Waals surface area contributed by atoms with E-state index in [2.05, 4.69) is 4.98 Å². The first-order valence-corrected chi connectivity index (χ1v) is 10.1. The number of nitrogens with zero attached hydrogens (tertiary/aromatic N) is 2. The van der Waals surface area contributed by atoms with Crippen LogP contribution in [0, 0.1) is 0 Å². The lowest BCUT2D eigenvalue weighted by Crippen LogP contribution is -2.26. The van der Waals surface area contributed by atoms with E-state index >= 15 is 0 Å². The zero-order valence-electron chi connectivity index (χ0n) is 15.7. The van der Waals surface area contributed by atoms with E-state index in [1.165, 1.54) is 11.3 Å². The molecule has 0 bridgehead atoms. The van der Waals surface area contributed by atoms with Gasteiger partial charge in [0.25, 0.3) is 5.91 Å². The predicted molar refractivity (Wildman–Crippen MR) is 111 cm³/mol. The van der Waals surface area contributed by atoms with Crippen molar-refractivity contribution < 1.29 is 14.3 Å². The maximum absolute atomic E-state index is 12.6. The van der Waals surface area contributed by atoms with E-state index in [0.717, 1.165) is 16.3 Å². The van der Waals surface area contributed by atoms with Crippen molar-refractivity contribution in [2.45, 2.75) is 20.1 Å². The van der Waals surface area contributed by atoms with Gasteiger partial charge in [0, 0.05) is 24.0 Å². The molecule has 1 aromatic heterocycles. The number of halogens is 1. The van der Waals surface area contributed by atoms with E-state index < -0.39 is 0 Å². The molecule has 1 amide bonds. The third-order valence-electron chi connectivity index (χ3n) is 3.95. The van der Waals surface area contributed by atoms with Crippen molar-refractivity contribution in [1.29, 1.82) is 0 Å². The van der Waals surface area contributed by atoms with Crippen LogP contribution in [0.1, 0.15) is 28.0 Å². The Bertz CT molecular complexity index is 910. The first-order valence-electron chi connectivity index (χ1n) is 8.85. The summed E-state index contributed by atoms with van der Waals surface area (Å²) in [6, 6.07) is 14.9. The zero-order valence-corrected chi connectivity index (χ0v) is 17.3. The predicted octanol–water partition coefficient (Wildman–Crippen LogP) is 5.05. The molecule has 146 valence electrons. The van der Waals surface area contributed by atoms with Crippen LogP contribution in [0.2, 0.25) is 5.02 Å². The van der Waals surface area contributed by atoms with Crippen LogP contribution in [0.4, 0.5) is 0 Å². The number of carbonyl (C=O) groups is 1. The number of benzene rings is 2. The Morgan fingerprint density at radius 2 is 1.71 bits per heavy atom. The Morgan fingerprint density at radius 1 is 1.07 bits per heavy atom. The van der Waals surface area contributed by atoms with Crippen LogP contribution in [0.15, 0.2) is 53.9 Å². The second-order valence-corrected chi connectivity index (χ2v) is 7.49. The third kappa shape index (κ3) is 5.47. The molecule has 0 saturated heterocycles. The fourth-order valence-electron chi connectivity index (χ4n) is 2.55. The van der Waals surface area contributed by atoms with Gasteiger partial charge in [-0.2, -0.15) is 0 Å². The Labute approximate surface area is 173 Å². The monoisotopic (exact) mass is 416 g/mol. The molecule has 0 N–H and O–H groups in total. The Hall–Kier alpha value is -2.57. The molecule has 2 aromatic carbocycles. The summed E-state index contributed by atoms with van der Waals surface area (Å²) >= 11 is 7.27. The van der Waals surface area contributed by atoms with Crippen molar-refractivity contribution in [3.05, 3.63) is 75.2 Å². The number of aromatic nitrogens is 1. The van der Waals surface area contributed by atoms with Crippen LogP contribution in [0.5, 0.6) is 11.5 Å². The summed E-state index contributed by atoms with van der Waals surface area (Å²) in [7, 11) is 1.77. The normalized spacial score (nSPS) is 10.5. The summed E-state index contributed by atoms with van der Waals surface area (Å²) in [5.74, 6) is 1.41. The highest BCUT2D eigenvalue weighted by Gasteiger charge is 2.16. The topological polar surface area (TPSA) is 51.7 Å². The minimum absolute atomic E-state index is 0.122. The molecule has 0 radical (unpaired) electrons. The molecule has 1 heterocycles. The van der Waals surface area contributed by atoms with Gasteiger partial charge in [0.2, 0.25) is 0 Å². The summed E-state index contributed by atoms with van der Waals surface area (Å²) in [5, 5.41) is 3.16.